The second kappa shape index (κ2) is 5.60. The van der Waals surface area contributed by atoms with Crippen molar-refractivity contribution >= 4 is 32.3 Å². The zero-order valence-corrected chi connectivity index (χ0v) is 14.4. The van der Waals surface area contributed by atoms with Crippen LogP contribution in [-0.2, 0) is 0 Å². The summed E-state index contributed by atoms with van der Waals surface area (Å²) >= 11 is 0. The molecule has 5 rings (SSSR count). The zero-order valence-electron chi connectivity index (χ0n) is 14.4. The van der Waals surface area contributed by atoms with Crippen molar-refractivity contribution in [3.63, 3.8) is 0 Å². The van der Waals surface area contributed by atoms with Crippen LogP contribution in [0.1, 0.15) is 30.4 Å². The third-order valence-corrected chi connectivity index (χ3v) is 5.55. The highest BCUT2D eigenvalue weighted by atomic mass is 14.2. The molecular weight excluding hydrogens is 300 g/mol. The molecule has 0 nitrogen and oxygen atoms in total. The van der Waals surface area contributed by atoms with Gasteiger partial charge in [-0.05, 0) is 49.9 Å². The molecule has 0 saturated carbocycles. The predicted octanol–water partition coefficient (Wildman–Crippen LogP) is 7.13. The first-order chi connectivity index (χ1) is 12.4. The normalized spacial score (nSPS) is 13.0. The Bertz CT molecular complexity index is 1150. The van der Waals surface area contributed by atoms with Crippen LogP contribution in [0, 0.1) is 0 Å². The highest BCUT2D eigenvalue weighted by Crippen LogP contribution is 2.40. The quantitative estimate of drug-likeness (QED) is 0.310. The van der Waals surface area contributed by atoms with Gasteiger partial charge in [-0.15, -0.1) is 0 Å². The van der Waals surface area contributed by atoms with Gasteiger partial charge in [0.05, 0.1) is 0 Å². The van der Waals surface area contributed by atoms with Crippen molar-refractivity contribution < 1.29 is 0 Å². The smallest absolute Gasteiger partial charge is 0.00928 e. The van der Waals surface area contributed by atoms with Gasteiger partial charge in [-0.25, -0.2) is 0 Å². The van der Waals surface area contributed by atoms with Crippen molar-refractivity contribution in [1.29, 1.82) is 0 Å². The maximum absolute atomic E-state index is 2.34. The maximum atomic E-state index is 2.34. The highest BCUT2D eigenvalue weighted by molar-refractivity contribution is 6.23. The molecule has 120 valence electrons. The molecule has 0 aromatic heterocycles. The Kier molecular flexibility index (Phi) is 3.24. The fourth-order valence-corrected chi connectivity index (χ4v) is 4.38. The number of hydrogen-bond acceptors (Lipinski definition) is 0. The van der Waals surface area contributed by atoms with E-state index >= 15 is 0 Å². The van der Waals surface area contributed by atoms with E-state index in [1.807, 2.05) is 0 Å². The second-order valence-corrected chi connectivity index (χ2v) is 6.88. The summed E-state index contributed by atoms with van der Waals surface area (Å²) in [6, 6.07) is 31.3. The van der Waals surface area contributed by atoms with Gasteiger partial charge in [0.2, 0.25) is 0 Å². The lowest BCUT2D eigenvalue weighted by atomic mass is 9.83. The molecule has 0 fully saturated rings. The van der Waals surface area contributed by atoms with Crippen LogP contribution in [0.25, 0.3) is 32.3 Å². The Labute approximate surface area is 148 Å². The van der Waals surface area contributed by atoms with Crippen molar-refractivity contribution in [1.82, 2.24) is 0 Å². The van der Waals surface area contributed by atoms with E-state index in [2.05, 4.69) is 91.9 Å². The Balaban J connectivity index is 1.87. The molecule has 0 aliphatic rings. The van der Waals surface area contributed by atoms with Crippen LogP contribution in [0.5, 0.6) is 0 Å². The topological polar surface area (TPSA) is 0 Å². The van der Waals surface area contributed by atoms with Gasteiger partial charge in [0.1, 0.15) is 0 Å². The van der Waals surface area contributed by atoms with Crippen LogP contribution in [0.4, 0.5) is 0 Å². The predicted molar refractivity (Wildman–Crippen MR) is 109 cm³/mol. The summed E-state index contributed by atoms with van der Waals surface area (Å²) in [6.07, 6.45) is 1.11. The average Bonchev–Trinajstić information content (AvgIpc) is 2.68. The van der Waals surface area contributed by atoms with E-state index in [4.69, 9.17) is 0 Å². The molecule has 0 saturated heterocycles. The molecular formula is C25H20. The molecule has 1 unspecified atom stereocenters. The van der Waals surface area contributed by atoms with E-state index in [-0.39, 0.29) is 0 Å². The van der Waals surface area contributed by atoms with Gasteiger partial charge in [0, 0.05) is 5.92 Å². The van der Waals surface area contributed by atoms with Crippen LogP contribution in [0.3, 0.4) is 0 Å². The molecule has 25 heavy (non-hydrogen) atoms. The fourth-order valence-electron chi connectivity index (χ4n) is 4.38. The van der Waals surface area contributed by atoms with Crippen molar-refractivity contribution in [2.75, 3.05) is 0 Å². The molecule has 5 aromatic carbocycles. The number of rotatable bonds is 3. The van der Waals surface area contributed by atoms with Crippen molar-refractivity contribution in [2.45, 2.75) is 19.3 Å². The van der Waals surface area contributed by atoms with Crippen LogP contribution in [0.15, 0.2) is 84.9 Å². The zero-order chi connectivity index (χ0) is 16.8. The molecule has 0 heterocycles. The minimum absolute atomic E-state index is 0.436. The van der Waals surface area contributed by atoms with E-state index in [0.29, 0.717) is 5.92 Å². The lowest BCUT2D eigenvalue weighted by Gasteiger charge is -2.20. The molecule has 0 N–H and O–H groups in total. The average molecular weight is 320 g/mol. The van der Waals surface area contributed by atoms with E-state index in [9.17, 15) is 0 Å². The Hall–Kier alpha value is -2.86. The van der Waals surface area contributed by atoms with Crippen LogP contribution in [-0.4, -0.2) is 0 Å². The first kappa shape index (κ1) is 14.5. The third-order valence-electron chi connectivity index (χ3n) is 5.55. The molecule has 0 amide bonds. The van der Waals surface area contributed by atoms with Gasteiger partial charge in [0.25, 0.3) is 0 Å². The molecule has 5 aromatic rings. The van der Waals surface area contributed by atoms with Crippen molar-refractivity contribution in [3.8, 4) is 0 Å². The Morgan fingerprint density at radius 2 is 1.24 bits per heavy atom. The lowest BCUT2D eigenvalue weighted by molar-refractivity contribution is 0.784. The number of benzene rings is 5. The highest BCUT2D eigenvalue weighted by Gasteiger charge is 2.17. The Morgan fingerprint density at radius 1 is 0.600 bits per heavy atom. The molecule has 0 aliphatic carbocycles. The van der Waals surface area contributed by atoms with Crippen molar-refractivity contribution in [2.24, 2.45) is 0 Å². The monoisotopic (exact) mass is 320 g/mol. The lowest BCUT2D eigenvalue weighted by Crippen LogP contribution is -2.01. The molecule has 0 heteroatoms. The maximum Gasteiger partial charge on any atom is 0.00928 e. The molecule has 0 radical (unpaired) electrons. The van der Waals surface area contributed by atoms with Crippen LogP contribution in [0.2, 0.25) is 0 Å². The van der Waals surface area contributed by atoms with Crippen molar-refractivity contribution in [3.05, 3.63) is 96.1 Å². The third kappa shape index (κ3) is 2.14. The molecule has 0 spiro atoms. The minimum Gasteiger partial charge on any atom is -0.0645 e. The largest absolute Gasteiger partial charge is 0.0645 e. The number of hydrogen-bond donors (Lipinski definition) is 0. The van der Waals surface area contributed by atoms with Gasteiger partial charge in [-0.3, -0.25) is 0 Å². The minimum atomic E-state index is 0.436. The molecule has 0 bridgehead atoms. The summed E-state index contributed by atoms with van der Waals surface area (Å²) in [5, 5.41) is 8.23. The standard InChI is InChI=1S/C25H20/c1-2-21(17-7-4-3-5-8-17)22-15-13-20-12-11-18-9-6-10-19-14-16-23(22)25(20)24(18)19/h3-16,21H,2H2,1H3. The Morgan fingerprint density at radius 3 is 1.96 bits per heavy atom. The first-order valence-corrected chi connectivity index (χ1v) is 9.08. The van der Waals surface area contributed by atoms with E-state index in [0.717, 1.165) is 6.42 Å². The second-order valence-electron chi connectivity index (χ2n) is 6.88. The van der Waals surface area contributed by atoms with Crippen LogP contribution < -0.4 is 0 Å². The fraction of sp³-hybridized carbons (Fsp3) is 0.120. The molecule has 0 aliphatic heterocycles. The summed E-state index contributed by atoms with van der Waals surface area (Å²) in [7, 11) is 0. The summed E-state index contributed by atoms with van der Waals surface area (Å²) in [6.45, 7) is 2.29. The summed E-state index contributed by atoms with van der Waals surface area (Å²) in [5.41, 5.74) is 2.85. The summed E-state index contributed by atoms with van der Waals surface area (Å²) < 4.78 is 0. The summed E-state index contributed by atoms with van der Waals surface area (Å²) in [5.74, 6) is 0.436. The first-order valence-electron chi connectivity index (χ1n) is 9.08. The van der Waals surface area contributed by atoms with E-state index in [1.165, 1.54) is 43.4 Å². The summed E-state index contributed by atoms with van der Waals surface area (Å²) in [4.78, 5) is 0. The van der Waals surface area contributed by atoms with E-state index < -0.39 is 0 Å². The SMILES string of the molecule is CCC(c1ccccc1)c1ccc2ccc3cccc4ccc1c2c34. The van der Waals surface area contributed by atoms with Gasteiger partial charge < -0.3 is 0 Å². The molecule has 1 atom stereocenters. The van der Waals surface area contributed by atoms with Crippen LogP contribution >= 0.6 is 0 Å². The van der Waals surface area contributed by atoms with Gasteiger partial charge in [-0.1, -0.05) is 91.9 Å². The van der Waals surface area contributed by atoms with Gasteiger partial charge in [0.15, 0.2) is 0 Å². The van der Waals surface area contributed by atoms with Gasteiger partial charge >= 0.3 is 0 Å². The van der Waals surface area contributed by atoms with E-state index in [1.54, 1.807) is 0 Å². The van der Waals surface area contributed by atoms with Gasteiger partial charge in [-0.2, -0.15) is 0 Å².